The molecule has 0 saturated carbocycles. The molecule has 11 aromatic carbocycles. The first-order valence-electron chi connectivity index (χ1n) is 22.2. The Kier molecular flexibility index (Phi) is 8.75. The van der Waals surface area contributed by atoms with Crippen LogP contribution in [0.4, 0.5) is 17.1 Å². The molecule has 13 rings (SSSR count). The predicted molar refractivity (Wildman–Crippen MR) is 278 cm³/mol. The Balaban J connectivity index is 1.02. The maximum atomic E-state index is 6.93. The molecule has 3 heteroatoms. The van der Waals surface area contributed by atoms with Crippen molar-refractivity contribution in [2.24, 2.45) is 0 Å². The minimum Gasteiger partial charge on any atom is -0.455 e. The Morgan fingerprint density at radius 2 is 0.892 bits per heavy atom. The number of hydrogen-bond acceptors (Lipinski definition) is 3. The van der Waals surface area contributed by atoms with Gasteiger partial charge in [0.25, 0.3) is 0 Å². The van der Waals surface area contributed by atoms with E-state index in [1.165, 1.54) is 75.1 Å². The predicted octanol–water partition coefficient (Wildman–Crippen LogP) is 18.4. The van der Waals surface area contributed by atoms with Gasteiger partial charge >= 0.3 is 0 Å². The topological polar surface area (TPSA) is 16.4 Å². The average Bonchev–Trinajstić information content (AvgIpc) is 3.97. The smallest absolute Gasteiger partial charge is 0.145 e. The van der Waals surface area contributed by atoms with Crippen LogP contribution in [0.15, 0.2) is 241 Å². The SMILES string of the molecule is c1ccc(-c2ccc(-c3ccc(N(c4ccc(-c5cccc6sc7c(-c8ccccc8)cccc7c56)cc4)c4cccc5ccc6ccccc6c45)c4c3oc3ccccc34)cc2)cc1. The van der Waals surface area contributed by atoms with Crippen LogP contribution in [0.5, 0.6) is 0 Å². The van der Waals surface area contributed by atoms with Crippen molar-refractivity contribution in [2.45, 2.75) is 0 Å². The van der Waals surface area contributed by atoms with Crippen LogP contribution in [0.25, 0.3) is 108 Å². The van der Waals surface area contributed by atoms with Crippen LogP contribution in [-0.2, 0) is 0 Å². The number of nitrogens with zero attached hydrogens (tertiary/aromatic N) is 1. The van der Waals surface area contributed by atoms with E-state index in [-0.39, 0.29) is 0 Å². The highest BCUT2D eigenvalue weighted by Crippen LogP contribution is 2.50. The molecule has 0 fully saturated rings. The van der Waals surface area contributed by atoms with E-state index in [0.29, 0.717) is 0 Å². The highest BCUT2D eigenvalue weighted by molar-refractivity contribution is 7.26. The number of fused-ring (bicyclic) bond motifs is 9. The second-order valence-electron chi connectivity index (χ2n) is 16.8. The fourth-order valence-corrected chi connectivity index (χ4v) is 11.3. The normalized spacial score (nSPS) is 11.7. The van der Waals surface area contributed by atoms with E-state index in [9.17, 15) is 0 Å². The largest absolute Gasteiger partial charge is 0.455 e. The zero-order chi connectivity index (χ0) is 42.8. The van der Waals surface area contributed by atoms with Crippen molar-refractivity contribution in [1.82, 2.24) is 0 Å². The number of para-hydroxylation sites is 1. The first-order chi connectivity index (χ1) is 32.2. The van der Waals surface area contributed by atoms with E-state index in [4.69, 9.17) is 4.42 Å². The molecule has 304 valence electrons. The average molecular weight is 846 g/mol. The maximum absolute atomic E-state index is 6.93. The summed E-state index contributed by atoms with van der Waals surface area (Å²) in [5.74, 6) is 0. The quantitative estimate of drug-likeness (QED) is 0.149. The van der Waals surface area contributed by atoms with Crippen LogP contribution in [0.2, 0.25) is 0 Å². The molecule has 2 nitrogen and oxygen atoms in total. The zero-order valence-electron chi connectivity index (χ0n) is 35.3. The summed E-state index contributed by atoms with van der Waals surface area (Å²) in [5, 5.41) is 9.58. The van der Waals surface area contributed by atoms with E-state index in [1.54, 1.807) is 0 Å². The number of thiophene rings is 1. The van der Waals surface area contributed by atoms with Crippen LogP contribution >= 0.6 is 11.3 Å². The van der Waals surface area contributed by atoms with Gasteiger partial charge in [-0.2, -0.15) is 0 Å². The molecule has 65 heavy (non-hydrogen) atoms. The second kappa shape index (κ2) is 15.2. The standard InChI is InChI=1S/C62H39NOS/c1-3-14-40(15-4-1)41-28-30-45(31-29-41)50-38-39-55(60-52-21-9-10-26-56(52)64-61(50)60)63(54-25-11-19-46-33-32-43-18-7-8-20-48(43)58(46)54)47-36-34-44(35-37-47)49-22-13-27-57-59(49)53-24-12-23-51(62(53)65-57)42-16-5-2-6-17-42/h1-39H. The van der Waals surface area contributed by atoms with Crippen LogP contribution in [-0.4, -0.2) is 0 Å². The third-order valence-corrected chi connectivity index (χ3v) is 14.3. The van der Waals surface area contributed by atoms with Crippen molar-refractivity contribution in [3.05, 3.63) is 237 Å². The molecule has 2 aromatic heterocycles. The molecule has 0 aliphatic rings. The van der Waals surface area contributed by atoms with Crippen molar-refractivity contribution in [3.8, 4) is 44.5 Å². The van der Waals surface area contributed by atoms with Crippen LogP contribution in [0, 0.1) is 0 Å². The summed E-state index contributed by atoms with van der Waals surface area (Å²) in [6.07, 6.45) is 0. The molecule has 13 aromatic rings. The summed E-state index contributed by atoms with van der Waals surface area (Å²) in [6.45, 7) is 0. The molecular formula is C62H39NOS. The lowest BCUT2D eigenvalue weighted by Gasteiger charge is -2.28. The maximum Gasteiger partial charge on any atom is 0.145 e. The van der Waals surface area contributed by atoms with Crippen molar-refractivity contribution >= 4 is 92.1 Å². The van der Waals surface area contributed by atoms with Gasteiger partial charge in [0.2, 0.25) is 0 Å². The Bertz CT molecular complexity index is 3920. The van der Waals surface area contributed by atoms with Gasteiger partial charge in [0.1, 0.15) is 11.2 Å². The van der Waals surface area contributed by atoms with Gasteiger partial charge in [-0.3, -0.25) is 0 Å². The third-order valence-electron chi connectivity index (χ3n) is 13.1. The van der Waals surface area contributed by atoms with E-state index in [1.807, 2.05) is 11.3 Å². The van der Waals surface area contributed by atoms with Gasteiger partial charge in [0.05, 0.1) is 16.8 Å². The number of furan rings is 1. The summed E-state index contributed by atoms with van der Waals surface area (Å²) in [6, 6.07) is 85.8. The number of benzene rings is 11. The monoisotopic (exact) mass is 845 g/mol. The van der Waals surface area contributed by atoms with Gasteiger partial charge in [-0.1, -0.05) is 194 Å². The zero-order valence-corrected chi connectivity index (χ0v) is 36.1. The molecule has 0 aliphatic carbocycles. The summed E-state index contributed by atoms with van der Waals surface area (Å²) in [5.41, 5.74) is 14.5. The van der Waals surface area contributed by atoms with Crippen LogP contribution in [0.1, 0.15) is 0 Å². The molecule has 0 N–H and O–H groups in total. The lowest BCUT2D eigenvalue weighted by Crippen LogP contribution is -2.11. The molecule has 0 unspecified atom stereocenters. The lowest BCUT2D eigenvalue weighted by molar-refractivity contribution is 0.670. The van der Waals surface area contributed by atoms with Crippen molar-refractivity contribution in [3.63, 3.8) is 0 Å². The molecule has 0 atom stereocenters. The van der Waals surface area contributed by atoms with E-state index in [0.717, 1.165) is 50.1 Å². The third kappa shape index (κ3) is 6.16. The summed E-state index contributed by atoms with van der Waals surface area (Å²) in [4.78, 5) is 2.46. The number of anilines is 3. The Morgan fingerprint density at radius 1 is 0.323 bits per heavy atom. The van der Waals surface area contributed by atoms with Gasteiger partial charge < -0.3 is 9.32 Å². The van der Waals surface area contributed by atoms with Gasteiger partial charge in [-0.05, 0) is 97.6 Å². The molecule has 0 saturated heterocycles. The van der Waals surface area contributed by atoms with E-state index >= 15 is 0 Å². The Hall–Kier alpha value is -8.24. The number of rotatable bonds is 7. The molecular weight excluding hydrogens is 807 g/mol. The van der Waals surface area contributed by atoms with Crippen molar-refractivity contribution < 1.29 is 4.42 Å². The van der Waals surface area contributed by atoms with Gasteiger partial charge in [-0.15, -0.1) is 11.3 Å². The Morgan fingerprint density at radius 3 is 1.72 bits per heavy atom. The first-order valence-corrected chi connectivity index (χ1v) is 23.0. The van der Waals surface area contributed by atoms with Gasteiger partial charge in [-0.25, -0.2) is 0 Å². The fraction of sp³-hybridized carbons (Fsp3) is 0. The van der Waals surface area contributed by atoms with E-state index < -0.39 is 0 Å². The molecule has 0 radical (unpaired) electrons. The van der Waals surface area contributed by atoms with Crippen LogP contribution < -0.4 is 4.90 Å². The molecule has 0 bridgehead atoms. The summed E-state index contributed by atoms with van der Waals surface area (Å²) >= 11 is 1.88. The van der Waals surface area contributed by atoms with E-state index in [2.05, 4.69) is 241 Å². The molecule has 0 aliphatic heterocycles. The fourth-order valence-electron chi connectivity index (χ4n) is 10.1. The van der Waals surface area contributed by atoms with Gasteiger partial charge in [0.15, 0.2) is 0 Å². The second-order valence-corrected chi connectivity index (χ2v) is 17.8. The van der Waals surface area contributed by atoms with Crippen molar-refractivity contribution in [2.75, 3.05) is 4.90 Å². The highest BCUT2D eigenvalue weighted by atomic mass is 32.1. The van der Waals surface area contributed by atoms with Gasteiger partial charge in [0, 0.05) is 42.2 Å². The summed E-state index contributed by atoms with van der Waals surface area (Å²) in [7, 11) is 0. The first kappa shape index (κ1) is 37.3. The Labute approximate surface area is 380 Å². The summed E-state index contributed by atoms with van der Waals surface area (Å²) < 4.78 is 9.54. The van der Waals surface area contributed by atoms with Crippen molar-refractivity contribution in [1.29, 1.82) is 0 Å². The molecule has 0 spiro atoms. The van der Waals surface area contributed by atoms with Crippen LogP contribution in [0.3, 0.4) is 0 Å². The minimum absolute atomic E-state index is 0.863. The highest BCUT2D eigenvalue weighted by Gasteiger charge is 2.24. The molecule has 2 heterocycles. The number of hydrogen-bond donors (Lipinski definition) is 0. The lowest BCUT2D eigenvalue weighted by atomic mass is 9.95. The molecule has 0 amide bonds. The minimum atomic E-state index is 0.863.